The smallest absolute Gasteiger partial charge is 0.241 e. The molecule has 8 nitrogen and oxygen atoms in total. The van der Waals surface area contributed by atoms with E-state index in [1.165, 1.54) is 16.1 Å². The molecule has 1 aliphatic heterocycles. The lowest BCUT2D eigenvalue weighted by molar-refractivity contribution is -0.128. The highest BCUT2D eigenvalue weighted by atomic mass is 32.2. The third-order valence-electron chi connectivity index (χ3n) is 4.12. The van der Waals surface area contributed by atoms with Crippen molar-refractivity contribution >= 4 is 15.9 Å². The number of aryl methyl sites for hydroxylation is 1. The Labute approximate surface area is 136 Å². The monoisotopic (exact) mass is 344 g/mol. The van der Waals surface area contributed by atoms with Gasteiger partial charge < -0.3 is 9.42 Å². The molecule has 2 rings (SSSR count). The van der Waals surface area contributed by atoms with Gasteiger partial charge in [-0.15, -0.1) is 0 Å². The summed E-state index contributed by atoms with van der Waals surface area (Å²) in [6, 6.07) is 0. The molecule has 130 valence electrons. The second-order valence-corrected chi connectivity index (χ2v) is 8.47. The number of hydrogen-bond donors (Lipinski definition) is 0. The van der Waals surface area contributed by atoms with Crippen molar-refractivity contribution in [3.63, 3.8) is 0 Å². The lowest BCUT2D eigenvalue weighted by Crippen LogP contribution is -2.48. The molecule has 1 saturated heterocycles. The largest absolute Gasteiger partial charge is 0.348 e. The molecule has 0 aromatic carbocycles. The first-order valence-corrected chi connectivity index (χ1v) is 9.21. The van der Waals surface area contributed by atoms with E-state index in [2.05, 4.69) is 10.1 Å². The zero-order chi connectivity index (χ0) is 17.2. The van der Waals surface area contributed by atoms with Gasteiger partial charge in [-0.25, -0.2) is 12.7 Å². The van der Waals surface area contributed by atoms with Crippen molar-refractivity contribution in [2.45, 2.75) is 38.4 Å². The normalized spacial score (nSPS) is 21.1. The minimum atomic E-state index is -3.65. The summed E-state index contributed by atoms with van der Waals surface area (Å²) in [4.78, 5) is 17.5. The molecule has 2 heterocycles. The quantitative estimate of drug-likeness (QED) is 0.769. The van der Waals surface area contributed by atoms with Gasteiger partial charge in [0.2, 0.25) is 21.8 Å². The zero-order valence-electron chi connectivity index (χ0n) is 14.0. The van der Waals surface area contributed by atoms with Crippen molar-refractivity contribution in [2.24, 2.45) is 5.92 Å². The molecule has 1 aliphatic rings. The molecule has 2 atom stereocenters. The maximum atomic E-state index is 12.7. The number of hydrogen-bond acceptors (Lipinski definition) is 6. The molecule has 0 radical (unpaired) electrons. The predicted octanol–water partition coefficient (Wildman–Crippen LogP) is 0.439. The Bertz CT molecular complexity index is 655. The van der Waals surface area contributed by atoms with Crippen LogP contribution in [0.4, 0.5) is 0 Å². The highest BCUT2D eigenvalue weighted by Crippen LogP contribution is 2.24. The Kier molecular flexibility index (Phi) is 5.41. The number of aromatic nitrogens is 2. The van der Waals surface area contributed by atoms with Crippen molar-refractivity contribution in [1.82, 2.24) is 19.3 Å². The Hall–Kier alpha value is -1.48. The first-order valence-electron chi connectivity index (χ1n) is 7.71. The van der Waals surface area contributed by atoms with Crippen molar-refractivity contribution in [3.05, 3.63) is 11.7 Å². The van der Waals surface area contributed by atoms with Gasteiger partial charge in [-0.2, -0.15) is 4.98 Å². The molecule has 1 aromatic heterocycles. The van der Waals surface area contributed by atoms with E-state index in [0.29, 0.717) is 31.2 Å². The van der Waals surface area contributed by atoms with E-state index in [1.807, 2.05) is 0 Å². The highest BCUT2D eigenvalue weighted by Gasteiger charge is 2.37. The summed E-state index contributed by atoms with van der Waals surface area (Å²) in [5.74, 6) is 0.841. The van der Waals surface area contributed by atoms with Gasteiger partial charge in [0.1, 0.15) is 0 Å². The summed E-state index contributed by atoms with van der Waals surface area (Å²) in [6.07, 6.45) is 2.26. The molecule has 9 heteroatoms. The maximum absolute atomic E-state index is 12.7. The van der Waals surface area contributed by atoms with Crippen LogP contribution in [0.25, 0.3) is 0 Å². The molecule has 1 aromatic rings. The van der Waals surface area contributed by atoms with Gasteiger partial charge in [0.25, 0.3) is 0 Å². The van der Waals surface area contributed by atoms with Crippen LogP contribution in [-0.4, -0.2) is 66.1 Å². The van der Waals surface area contributed by atoms with Gasteiger partial charge in [-0.1, -0.05) is 5.16 Å². The van der Waals surface area contributed by atoms with E-state index in [9.17, 15) is 13.2 Å². The SMILES string of the molecule is Cc1nc(C[C@@H]2CCCN(S(=O)(=O)[C@H](C)C(=O)N(C)C)C2)no1. The molecule has 23 heavy (non-hydrogen) atoms. The molecule has 1 amide bonds. The number of rotatable bonds is 5. The summed E-state index contributed by atoms with van der Waals surface area (Å²) in [5.41, 5.74) is 0. The van der Waals surface area contributed by atoms with Gasteiger partial charge >= 0.3 is 0 Å². The summed E-state index contributed by atoms with van der Waals surface area (Å²) < 4.78 is 31.7. The topological polar surface area (TPSA) is 96.6 Å². The molecular weight excluding hydrogens is 320 g/mol. The molecule has 0 saturated carbocycles. The van der Waals surface area contributed by atoms with Crippen LogP contribution in [0.3, 0.4) is 0 Å². The number of amides is 1. The van der Waals surface area contributed by atoms with Crippen molar-refractivity contribution < 1.29 is 17.7 Å². The minimum absolute atomic E-state index is 0.136. The van der Waals surface area contributed by atoms with Crippen LogP contribution in [0.2, 0.25) is 0 Å². The third kappa shape index (κ3) is 4.08. The fraction of sp³-hybridized carbons (Fsp3) is 0.786. The summed E-state index contributed by atoms with van der Waals surface area (Å²) >= 11 is 0. The number of nitrogens with zero attached hydrogens (tertiary/aromatic N) is 4. The second-order valence-electron chi connectivity index (χ2n) is 6.22. The van der Waals surface area contributed by atoms with E-state index in [0.717, 1.165) is 12.8 Å². The minimum Gasteiger partial charge on any atom is -0.348 e. The van der Waals surface area contributed by atoms with E-state index in [-0.39, 0.29) is 5.92 Å². The van der Waals surface area contributed by atoms with Crippen molar-refractivity contribution in [3.8, 4) is 0 Å². The van der Waals surface area contributed by atoms with E-state index in [4.69, 9.17) is 4.52 Å². The first-order chi connectivity index (χ1) is 10.7. The van der Waals surface area contributed by atoms with Crippen LogP contribution >= 0.6 is 0 Å². The van der Waals surface area contributed by atoms with Crippen molar-refractivity contribution in [2.75, 3.05) is 27.2 Å². The predicted molar refractivity (Wildman–Crippen MR) is 84.1 cm³/mol. The van der Waals surface area contributed by atoms with Gasteiger partial charge in [-0.3, -0.25) is 4.79 Å². The zero-order valence-corrected chi connectivity index (χ0v) is 14.8. The summed E-state index contributed by atoms with van der Waals surface area (Å²) in [5, 5.41) is 2.80. The van der Waals surface area contributed by atoms with E-state index < -0.39 is 21.2 Å². The molecule has 0 spiro atoms. The Balaban J connectivity index is 2.06. The maximum Gasteiger partial charge on any atom is 0.241 e. The third-order valence-corrected chi connectivity index (χ3v) is 6.26. The first kappa shape index (κ1) is 17.9. The van der Waals surface area contributed by atoms with Crippen molar-refractivity contribution in [1.29, 1.82) is 0 Å². The standard InChI is InChI=1S/C14H24N4O4S/c1-10(14(19)17(3)4)23(20,21)18-7-5-6-12(9-18)8-13-15-11(2)22-16-13/h10,12H,5-9H2,1-4H3/t10-,12+/m1/s1. The lowest BCUT2D eigenvalue weighted by Gasteiger charge is -2.33. The van der Waals surface area contributed by atoms with E-state index in [1.54, 1.807) is 21.0 Å². The number of sulfonamides is 1. The molecule has 0 bridgehead atoms. The van der Waals surface area contributed by atoms with Gasteiger partial charge in [-0.05, 0) is 25.7 Å². The average molecular weight is 344 g/mol. The van der Waals surface area contributed by atoms with Crippen LogP contribution in [0, 0.1) is 12.8 Å². The molecule has 1 fully saturated rings. The van der Waals surface area contributed by atoms with Gasteiger partial charge in [0.05, 0.1) is 0 Å². The van der Waals surface area contributed by atoms with Crippen LogP contribution in [0.15, 0.2) is 4.52 Å². The van der Waals surface area contributed by atoms with Crippen LogP contribution in [-0.2, 0) is 21.2 Å². The Morgan fingerprint density at radius 1 is 1.48 bits per heavy atom. The van der Waals surface area contributed by atoms with Crippen LogP contribution in [0.1, 0.15) is 31.5 Å². The molecular formula is C14H24N4O4S. The number of carbonyl (C=O) groups is 1. The lowest BCUT2D eigenvalue weighted by atomic mass is 9.96. The van der Waals surface area contributed by atoms with E-state index >= 15 is 0 Å². The van der Waals surface area contributed by atoms with Crippen LogP contribution in [0.5, 0.6) is 0 Å². The Morgan fingerprint density at radius 3 is 2.74 bits per heavy atom. The summed E-state index contributed by atoms with van der Waals surface area (Å²) in [7, 11) is -0.526. The van der Waals surface area contributed by atoms with Gasteiger partial charge in [0.15, 0.2) is 11.1 Å². The van der Waals surface area contributed by atoms with Crippen LogP contribution < -0.4 is 0 Å². The number of carbonyl (C=O) groups excluding carboxylic acids is 1. The fourth-order valence-electron chi connectivity index (χ4n) is 2.82. The molecule has 0 unspecified atom stereocenters. The number of piperidine rings is 1. The molecule has 0 aliphatic carbocycles. The summed E-state index contributed by atoms with van der Waals surface area (Å²) in [6.45, 7) is 4.02. The molecule has 0 N–H and O–H groups in total. The fourth-order valence-corrected chi connectivity index (χ4v) is 4.54. The van der Waals surface area contributed by atoms with Gasteiger partial charge in [0, 0.05) is 40.5 Å². The highest BCUT2D eigenvalue weighted by molar-refractivity contribution is 7.90. The Morgan fingerprint density at radius 2 is 2.17 bits per heavy atom. The second kappa shape index (κ2) is 6.96. The average Bonchev–Trinajstić information content (AvgIpc) is 2.90.